The van der Waals surface area contributed by atoms with Gasteiger partial charge in [0.2, 0.25) is 5.91 Å². The Kier molecular flexibility index (Phi) is 5.45. The second-order valence-corrected chi connectivity index (χ2v) is 7.76. The summed E-state index contributed by atoms with van der Waals surface area (Å²) in [5.74, 6) is 2.47. The number of nitrogens with zero attached hydrogens (tertiary/aromatic N) is 2. The summed E-state index contributed by atoms with van der Waals surface area (Å²) in [5.41, 5.74) is 1.75. The highest BCUT2D eigenvalue weighted by atomic mass is 32.1. The Morgan fingerprint density at radius 2 is 2.14 bits per heavy atom. The van der Waals surface area contributed by atoms with Gasteiger partial charge >= 0.3 is 0 Å². The van der Waals surface area contributed by atoms with Crippen molar-refractivity contribution < 1.29 is 13.9 Å². The van der Waals surface area contributed by atoms with E-state index in [-0.39, 0.29) is 11.9 Å². The second kappa shape index (κ2) is 8.16. The van der Waals surface area contributed by atoms with Crippen LogP contribution in [0.2, 0.25) is 0 Å². The van der Waals surface area contributed by atoms with Gasteiger partial charge in [-0.3, -0.25) is 9.69 Å². The lowest BCUT2D eigenvalue weighted by atomic mass is 10.2. The number of amides is 1. The molecule has 146 valence electrons. The minimum atomic E-state index is -0.141. The highest BCUT2D eigenvalue weighted by molar-refractivity contribution is 7.13. The number of rotatable bonds is 6. The van der Waals surface area contributed by atoms with Gasteiger partial charge in [0.1, 0.15) is 11.5 Å². The van der Waals surface area contributed by atoms with Gasteiger partial charge in [-0.25, -0.2) is 4.98 Å². The lowest BCUT2D eigenvalue weighted by Crippen LogP contribution is -2.39. The van der Waals surface area contributed by atoms with Crippen molar-refractivity contribution in [2.45, 2.75) is 32.4 Å². The Morgan fingerprint density at radius 1 is 1.32 bits per heavy atom. The van der Waals surface area contributed by atoms with Gasteiger partial charge in [0, 0.05) is 17.6 Å². The normalized spacial score (nSPS) is 17.0. The number of methoxy groups -OCH3 is 1. The zero-order chi connectivity index (χ0) is 19.5. The highest BCUT2D eigenvalue weighted by Crippen LogP contribution is 2.28. The molecule has 1 aromatic carbocycles. The van der Waals surface area contributed by atoms with Crippen molar-refractivity contribution in [3.8, 4) is 16.5 Å². The average Bonchev–Trinajstić information content (AvgIpc) is 3.44. The van der Waals surface area contributed by atoms with Crippen molar-refractivity contribution in [2.24, 2.45) is 0 Å². The number of likely N-dealkylation sites (tertiary alicyclic amines) is 1. The number of furan rings is 1. The van der Waals surface area contributed by atoms with E-state index in [1.54, 1.807) is 18.4 Å². The van der Waals surface area contributed by atoms with Gasteiger partial charge in [-0.1, -0.05) is 0 Å². The van der Waals surface area contributed by atoms with Gasteiger partial charge in [-0.15, -0.1) is 11.3 Å². The van der Waals surface area contributed by atoms with Crippen LogP contribution in [-0.4, -0.2) is 35.5 Å². The molecule has 1 amide bonds. The van der Waals surface area contributed by atoms with Gasteiger partial charge in [0.05, 0.1) is 18.8 Å². The van der Waals surface area contributed by atoms with Gasteiger partial charge in [0.25, 0.3) is 0 Å². The molecular formula is C21H23N3O3S. The molecule has 4 rings (SSSR count). The fourth-order valence-corrected chi connectivity index (χ4v) is 4.23. The van der Waals surface area contributed by atoms with Crippen molar-refractivity contribution in [2.75, 3.05) is 19.0 Å². The molecule has 7 heteroatoms. The second-order valence-electron chi connectivity index (χ2n) is 6.90. The molecule has 2 aromatic heterocycles. The summed E-state index contributed by atoms with van der Waals surface area (Å²) < 4.78 is 10.8. The number of ether oxygens (including phenoxy) is 1. The molecule has 0 spiro atoms. The molecule has 3 aromatic rings. The summed E-state index contributed by atoms with van der Waals surface area (Å²) in [5, 5.41) is 5.94. The first-order valence-corrected chi connectivity index (χ1v) is 10.2. The van der Waals surface area contributed by atoms with E-state index >= 15 is 0 Å². The number of nitrogens with one attached hydrogen (secondary N) is 1. The van der Waals surface area contributed by atoms with Gasteiger partial charge in [-0.2, -0.15) is 0 Å². The number of benzene rings is 1. The molecule has 0 bridgehead atoms. The average molecular weight is 398 g/mol. The van der Waals surface area contributed by atoms with Crippen molar-refractivity contribution >= 4 is 22.9 Å². The largest absolute Gasteiger partial charge is 0.497 e. The Morgan fingerprint density at radius 3 is 2.86 bits per heavy atom. The van der Waals surface area contributed by atoms with E-state index in [4.69, 9.17) is 14.1 Å². The van der Waals surface area contributed by atoms with E-state index in [1.807, 2.05) is 48.7 Å². The van der Waals surface area contributed by atoms with Crippen LogP contribution in [-0.2, 0) is 11.3 Å². The van der Waals surface area contributed by atoms with E-state index in [9.17, 15) is 4.79 Å². The maximum Gasteiger partial charge on any atom is 0.241 e. The first-order valence-electron chi connectivity index (χ1n) is 9.32. The summed E-state index contributed by atoms with van der Waals surface area (Å²) in [6, 6.07) is 11.1. The van der Waals surface area contributed by atoms with Crippen LogP contribution in [0.4, 0.5) is 5.69 Å². The molecule has 28 heavy (non-hydrogen) atoms. The summed E-state index contributed by atoms with van der Waals surface area (Å²) >= 11 is 1.57. The lowest BCUT2D eigenvalue weighted by Gasteiger charge is -2.22. The van der Waals surface area contributed by atoms with E-state index in [2.05, 4.69) is 10.2 Å². The monoisotopic (exact) mass is 397 g/mol. The van der Waals surface area contributed by atoms with Crippen molar-refractivity contribution in [3.05, 3.63) is 53.2 Å². The standard InChI is InChI=1S/C21H23N3O3S/c1-14-5-10-19(27-14)21-23-16(13-28-21)12-24-11-3-4-18(24)20(25)22-15-6-8-17(26-2)9-7-15/h5-10,13,18H,3-4,11-12H2,1-2H3,(H,22,25)/t18-/m1/s1. The topological polar surface area (TPSA) is 67.6 Å². The van der Waals surface area contributed by atoms with Crippen LogP contribution < -0.4 is 10.1 Å². The van der Waals surface area contributed by atoms with Crippen LogP contribution in [0.5, 0.6) is 5.75 Å². The van der Waals surface area contributed by atoms with Crippen LogP contribution >= 0.6 is 11.3 Å². The zero-order valence-electron chi connectivity index (χ0n) is 16.0. The number of carbonyl (C=O) groups is 1. The Labute approximate surface area is 168 Å². The third-order valence-electron chi connectivity index (χ3n) is 4.89. The number of carbonyl (C=O) groups excluding carboxylic acids is 1. The number of thiazole rings is 1. The van der Waals surface area contributed by atoms with E-state index in [1.165, 1.54) is 0 Å². The van der Waals surface area contributed by atoms with Gasteiger partial charge in [-0.05, 0) is 62.7 Å². The predicted octanol–water partition coefficient (Wildman–Crippen LogP) is 4.32. The van der Waals surface area contributed by atoms with Crippen molar-refractivity contribution in [1.82, 2.24) is 9.88 Å². The van der Waals surface area contributed by atoms with Crippen LogP contribution in [0, 0.1) is 6.92 Å². The van der Waals surface area contributed by atoms with Crippen molar-refractivity contribution in [3.63, 3.8) is 0 Å². The third kappa shape index (κ3) is 4.10. The quantitative estimate of drug-likeness (QED) is 0.671. The SMILES string of the molecule is COc1ccc(NC(=O)[C@H]2CCCN2Cc2csc(-c3ccc(C)o3)n2)cc1. The fourth-order valence-electron chi connectivity index (χ4n) is 3.46. The summed E-state index contributed by atoms with van der Waals surface area (Å²) in [4.78, 5) is 19.7. The highest BCUT2D eigenvalue weighted by Gasteiger charge is 2.31. The van der Waals surface area contributed by atoms with Crippen molar-refractivity contribution in [1.29, 1.82) is 0 Å². The van der Waals surface area contributed by atoms with Crippen LogP contribution in [0.15, 0.2) is 46.2 Å². The lowest BCUT2D eigenvalue weighted by molar-refractivity contribution is -0.120. The summed E-state index contributed by atoms with van der Waals surface area (Å²) in [6.45, 7) is 3.48. The Hall–Kier alpha value is -2.64. The van der Waals surface area contributed by atoms with Gasteiger partial charge < -0.3 is 14.5 Å². The molecule has 6 nitrogen and oxygen atoms in total. The molecule has 0 aliphatic carbocycles. The maximum absolute atomic E-state index is 12.8. The summed E-state index contributed by atoms with van der Waals surface area (Å²) in [7, 11) is 1.63. The molecule has 1 N–H and O–H groups in total. The summed E-state index contributed by atoms with van der Waals surface area (Å²) in [6.07, 6.45) is 1.87. The molecule has 1 saturated heterocycles. The molecule has 0 radical (unpaired) electrons. The van der Waals surface area contributed by atoms with Crippen LogP contribution in [0.3, 0.4) is 0 Å². The molecular weight excluding hydrogens is 374 g/mol. The molecule has 1 aliphatic rings. The third-order valence-corrected chi connectivity index (χ3v) is 5.80. The zero-order valence-corrected chi connectivity index (χ0v) is 16.8. The van der Waals surface area contributed by atoms with E-state index in [0.717, 1.165) is 53.0 Å². The molecule has 1 atom stereocenters. The number of hydrogen-bond acceptors (Lipinski definition) is 6. The molecule has 1 fully saturated rings. The first-order chi connectivity index (χ1) is 13.6. The number of aromatic nitrogens is 1. The Balaban J connectivity index is 1.40. The molecule has 0 saturated carbocycles. The first kappa shape index (κ1) is 18.7. The van der Waals surface area contributed by atoms with Gasteiger partial charge in [0.15, 0.2) is 10.8 Å². The smallest absolute Gasteiger partial charge is 0.241 e. The van der Waals surface area contributed by atoms with Crippen LogP contribution in [0.25, 0.3) is 10.8 Å². The Bertz CT molecular complexity index is 948. The number of hydrogen-bond donors (Lipinski definition) is 1. The number of anilines is 1. The van der Waals surface area contributed by atoms with E-state index in [0.29, 0.717) is 6.54 Å². The minimum absolute atomic E-state index is 0.0276. The number of aryl methyl sites for hydroxylation is 1. The predicted molar refractivity (Wildman–Crippen MR) is 110 cm³/mol. The minimum Gasteiger partial charge on any atom is -0.497 e. The van der Waals surface area contributed by atoms with Crippen LogP contribution in [0.1, 0.15) is 24.3 Å². The molecule has 0 unspecified atom stereocenters. The molecule has 3 heterocycles. The molecule has 1 aliphatic heterocycles. The maximum atomic E-state index is 12.8. The van der Waals surface area contributed by atoms with E-state index < -0.39 is 0 Å². The fraction of sp³-hybridized carbons (Fsp3) is 0.333.